The minimum atomic E-state index is 0.00405. The van der Waals surface area contributed by atoms with E-state index in [9.17, 15) is 4.79 Å². The molecule has 0 amide bonds. The van der Waals surface area contributed by atoms with Gasteiger partial charge in [-0.05, 0) is 46.5 Å². The maximum Gasteiger partial charge on any atom is 0.265 e. The predicted octanol–water partition coefficient (Wildman–Crippen LogP) is 8.94. The number of fused-ring (bicyclic) bond motifs is 8. The van der Waals surface area contributed by atoms with Crippen LogP contribution in [0.4, 0.5) is 0 Å². The van der Waals surface area contributed by atoms with E-state index in [0.717, 1.165) is 60.4 Å². The molecule has 0 saturated carbocycles. The minimum absolute atomic E-state index is 0.00405. The van der Waals surface area contributed by atoms with Crippen LogP contribution in [0.2, 0.25) is 0 Å². The van der Waals surface area contributed by atoms with Gasteiger partial charge in [0.25, 0.3) is 5.56 Å². The van der Waals surface area contributed by atoms with E-state index in [1.807, 2.05) is 34.7 Å². The van der Waals surface area contributed by atoms with Crippen LogP contribution < -0.4 is 5.56 Å². The molecule has 6 aromatic carbocycles. The number of rotatable bonds is 2. The Balaban J connectivity index is 1.54. The van der Waals surface area contributed by atoms with E-state index in [-0.39, 0.29) is 5.56 Å². The molecular weight excluding hydrogens is 488 g/mol. The molecule has 3 heteroatoms. The number of nitrogens with zero attached hydrogens (tertiary/aromatic N) is 2. The van der Waals surface area contributed by atoms with E-state index >= 15 is 0 Å². The predicted molar refractivity (Wildman–Crippen MR) is 167 cm³/mol. The first-order chi connectivity index (χ1) is 19.8. The topological polar surface area (TPSA) is 25.9 Å². The fourth-order valence-corrected chi connectivity index (χ4v) is 6.65. The second-order valence-corrected chi connectivity index (χ2v) is 10.5. The molecule has 0 aliphatic heterocycles. The van der Waals surface area contributed by atoms with Crippen LogP contribution in [0.1, 0.15) is 0 Å². The number of hydrogen-bond acceptors (Lipinski definition) is 1. The highest BCUT2D eigenvalue weighted by molar-refractivity contribution is 6.24. The number of para-hydroxylation sites is 1. The lowest BCUT2D eigenvalue weighted by molar-refractivity contribution is 1.22. The summed E-state index contributed by atoms with van der Waals surface area (Å²) in [6.45, 7) is 0. The van der Waals surface area contributed by atoms with Crippen molar-refractivity contribution in [3.8, 4) is 22.3 Å². The smallest absolute Gasteiger partial charge is 0.265 e. The van der Waals surface area contributed by atoms with Gasteiger partial charge in [-0.25, -0.2) is 0 Å². The second-order valence-electron chi connectivity index (χ2n) is 10.5. The quantitative estimate of drug-likeness (QED) is 0.228. The van der Waals surface area contributed by atoms with Crippen molar-refractivity contribution in [1.82, 2.24) is 8.80 Å². The summed E-state index contributed by atoms with van der Waals surface area (Å²) in [4.78, 5) is 14.5. The fraction of sp³-hybridized carbons (Fsp3) is 0. The maximum atomic E-state index is 14.5. The molecule has 0 aliphatic rings. The van der Waals surface area contributed by atoms with Gasteiger partial charge in [-0.3, -0.25) is 9.20 Å². The van der Waals surface area contributed by atoms with Crippen molar-refractivity contribution < 1.29 is 0 Å². The van der Waals surface area contributed by atoms with E-state index in [2.05, 4.69) is 108 Å². The van der Waals surface area contributed by atoms with Crippen LogP contribution in [0, 0.1) is 0 Å². The van der Waals surface area contributed by atoms with E-state index in [0.29, 0.717) is 5.39 Å². The normalized spacial score (nSPS) is 12.1. The zero-order valence-corrected chi connectivity index (χ0v) is 21.5. The van der Waals surface area contributed by atoms with Gasteiger partial charge < -0.3 is 4.40 Å². The fourth-order valence-electron chi connectivity index (χ4n) is 6.65. The van der Waals surface area contributed by atoms with E-state index in [1.165, 1.54) is 10.9 Å². The molecule has 0 N–H and O–H groups in total. The molecule has 186 valence electrons. The monoisotopic (exact) mass is 510 g/mol. The Hall–Kier alpha value is -5.41. The Morgan fingerprint density at radius 2 is 0.825 bits per heavy atom. The number of aromatic nitrogens is 2. The van der Waals surface area contributed by atoms with Crippen molar-refractivity contribution in [2.24, 2.45) is 0 Å². The molecule has 3 heterocycles. The maximum absolute atomic E-state index is 14.5. The molecule has 0 saturated heterocycles. The molecule has 0 unspecified atom stereocenters. The van der Waals surface area contributed by atoms with Crippen molar-refractivity contribution in [3.05, 3.63) is 144 Å². The van der Waals surface area contributed by atoms with Crippen LogP contribution >= 0.6 is 0 Å². The van der Waals surface area contributed by atoms with Crippen LogP contribution in [0.15, 0.2) is 138 Å². The molecule has 0 atom stereocenters. The first-order valence-electron chi connectivity index (χ1n) is 13.6. The lowest BCUT2D eigenvalue weighted by atomic mass is 10.0. The highest BCUT2D eigenvalue weighted by Gasteiger charge is 2.21. The Morgan fingerprint density at radius 3 is 1.43 bits per heavy atom. The molecule has 40 heavy (non-hydrogen) atoms. The van der Waals surface area contributed by atoms with Crippen molar-refractivity contribution in [1.29, 1.82) is 0 Å². The molecule has 0 fully saturated rings. The summed E-state index contributed by atoms with van der Waals surface area (Å²) in [6, 6.07) is 46.5. The Labute approximate surface area is 229 Å². The highest BCUT2D eigenvalue weighted by atomic mass is 16.1. The van der Waals surface area contributed by atoms with Gasteiger partial charge in [0.05, 0.1) is 33.0 Å². The third-order valence-electron chi connectivity index (χ3n) is 8.45. The average Bonchev–Trinajstić information content (AvgIpc) is 3.50. The Bertz CT molecular complexity index is 2490. The van der Waals surface area contributed by atoms with Crippen molar-refractivity contribution in [3.63, 3.8) is 0 Å². The molecule has 9 rings (SSSR count). The minimum Gasteiger partial charge on any atom is -0.306 e. The summed E-state index contributed by atoms with van der Waals surface area (Å²) in [7, 11) is 0. The SMILES string of the molecule is O=c1c2ccccc2n2c3cc(-c4ccccc4)ccc3c3ccc4c5ccc(-c6ccccc6)cc5n1c4c32. The lowest BCUT2D eigenvalue weighted by Gasteiger charge is -2.04. The van der Waals surface area contributed by atoms with Gasteiger partial charge in [-0.1, -0.05) is 109 Å². The first-order valence-corrected chi connectivity index (χ1v) is 13.6. The Morgan fingerprint density at radius 1 is 0.350 bits per heavy atom. The lowest BCUT2D eigenvalue weighted by Crippen LogP contribution is -2.09. The molecule has 9 aromatic rings. The molecular formula is C37H22N2O. The van der Waals surface area contributed by atoms with Crippen LogP contribution in [-0.2, 0) is 0 Å². The summed E-state index contributed by atoms with van der Waals surface area (Å²) in [5.41, 5.74) is 9.58. The standard InChI is InChI=1S/C37H22N2O/c40-37-31-13-7-8-14-32(31)38-33-21-25(23-9-3-1-4-10-23)15-17-27(33)29-19-20-30-28-18-16-26(24-11-5-2-6-12-24)22-34(28)39(37)36(30)35(29)38/h1-22H. The van der Waals surface area contributed by atoms with Gasteiger partial charge in [0, 0.05) is 21.5 Å². The summed E-state index contributed by atoms with van der Waals surface area (Å²) < 4.78 is 4.27. The highest BCUT2D eigenvalue weighted by Crippen LogP contribution is 2.41. The van der Waals surface area contributed by atoms with Gasteiger partial charge in [0.2, 0.25) is 0 Å². The Kier molecular flexibility index (Phi) is 4.20. The van der Waals surface area contributed by atoms with Gasteiger partial charge in [-0.2, -0.15) is 0 Å². The van der Waals surface area contributed by atoms with Crippen LogP contribution in [0.5, 0.6) is 0 Å². The number of benzene rings is 6. The van der Waals surface area contributed by atoms with Gasteiger partial charge >= 0.3 is 0 Å². The van der Waals surface area contributed by atoms with Crippen LogP contribution in [0.3, 0.4) is 0 Å². The van der Waals surface area contributed by atoms with Crippen LogP contribution in [-0.4, -0.2) is 8.80 Å². The van der Waals surface area contributed by atoms with Crippen LogP contribution in [0.25, 0.3) is 76.8 Å². The molecule has 0 bridgehead atoms. The van der Waals surface area contributed by atoms with E-state index in [1.54, 1.807) is 0 Å². The van der Waals surface area contributed by atoms with E-state index < -0.39 is 0 Å². The van der Waals surface area contributed by atoms with Crippen molar-refractivity contribution in [2.75, 3.05) is 0 Å². The van der Waals surface area contributed by atoms with E-state index in [4.69, 9.17) is 0 Å². The molecule has 0 radical (unpaired) electrons. The van der Waals surface area contributed by atoms with Crippen molar-refractivity contribution in [2.45, 2.75) is 0 Å². The van der Waals surface area contributed by atoms with Gasteiger partial charge in [0.15, 0.2) is 0 Å². The summed E-state index contributed by atoms with van der Waals surface area (Å²) in [5, 5.41) is 5.22. The zero-order chi connectivity index (χ0) is 26.4. The summed E-state index contributed by atoms with van der Waals surface area (Å²) in [6.07, 6.45) is 0. The average molecular weight is 511 g/mol. The third kappa shape index (κ3) is 2.76. The molecule has 3 nitrogen and oxygen atoms in total. The molecule has 0 aliphatic carbocycles. The first kappa shape index (κ1) is 21.5. The summed E-state index contributed by atoms with van der Waals surface area (Å²) >= 11 is 0. The van der Waals surface area contributed by atoms with Crippen molar-refractivity contribution >= 4 is 54.5 Å². The largest absolute Gasteiger partial charge is 0.306 e. The second kappa shape index (κ2) is 7.81. The zero-order valence-electron chi connectivity index (χ0n) is 21.5. The third-order valence-corrected chi connectivity index (χ3v) is 8.45. The summed E-state index contributed by atoms with van der Waals surface area (Å²) in [5.74, 6) is 0. The molecule has 3 aromatic heterocycles. The van der Waals surface area contributed by atoms with Gasteiger partial charge in [-0.15, -0.1) is 0 Å². The molecule has 0 spiro atoms. The number of hydrogen-bond donors (Lipinski definition) is 0. The van der Waals surface area contributed by atoms with Gasteiger partial charge in [0.1, 0.15) is 0 Å².